The highest BCUT2D eigenvalue weighted by molar-refractivity contribution is 7.11. The lowest BCUT2D eigenvalue weighted by atomic mass is 10.1. The molecule has 0 spiro atoms. The first-order chi connectivity index (χ1) is 12.1. The second-order valence-electron chi connectivity index (χ2n) is 6.18. The third kappa shape index (κ3) is 6.84. The summed E-state index contributed by atoms with van der Waals surface area (Å²) in [6.45, 7) is 7.40. The lowest BCUT2D eigenvalue weighted by Crippen LogP contribution is -2.36. The van der Waals surface area contributed by atoms with Crippen molar-refractivity contribution < 1.29 is 0 Å². The SMILES string of the molecule is CCNC(=NCc1ccc(CN(C)C)cc1)NCc1ncc(CC)s1. The van der Waals surface area contributed by atoms with Gasteiger partial charge in [0.1, 0.15) is 5.01 Å². The molecule has 2 rings (SSSR count). The van der Waals surface area contributed by atoms with Crippen molar-refractivity contribution in [3.8, 4) is 0 Å². The highest BCUT2D eigenvalue weighted by atomic mass is 32.1. The number of aromatic nitrogens is 1. The van der Waals surface area contributed by atoms with Crippen LogP contribution in [0.15, 0.2) is 35.5 Å². The van der Waals surface area contributed by atoms with E-state index in [1.54, 1.807) is 11.3 Å². The Hall–Kier alpha value is -1.92. The van der Waals surface area contributed by atoms with Crippen LogP contribution in [-0.2, 0) is 26.1 Å². The fourth-order valence-electron chi connectivity index (χ4n) is 2.38. The number of nitrogens with one attached hydrogen (secondary N) is 2. The van der Waals surface area contributed by atoms with Crippen LogP contribution in [0.1, 0.15) is 34.9 Å². The summed E-state index contributed by atoms with van der Waals surface area (Å²) in [6.07, 6.45) is 3.00. The van der Waals surface area contributed by atoms with Crippen molar-refractivity contribution in [2.75, 3.05) is 20.6 Å². The van der Waals surface area contributed by atoms with Crippen molar-refractivity contribution in [2.24, 2.45) is 4.99 Å². The highest BCUT2D eigenvalue weighted by Crippen LogP contribution is 2.13. The van der Waals surface area contributed by atoms with Crippen molar-refractivity contribution in [1.82, 2.24) is 20.5 Å². The van der Waals surface area contributed by atoms with E-state index in [-0.39, 0.29) is 0 Å². The molecule has 0 radical (unpaired) electrons. The average molecular weight is 360 g/mol. The van der Waals surface area contributed by atoms with Gasteiger partial charge < -0.3 is 15.5 Å². The van der Waals surface area contributed by atoms with E-state index in [4.69, 9.17) is 0 Å². The minimum Gasteiger partial charge on any atom is -0.357 e. The molecule has 0 saturated carbocycles. The van der Waals surface area contributed by atoms with Gasteiger partial charge in [-0.2, -0.15) is 0 Å². The molecule has 0 aliphatic carbocycles. The number of hydrogen-bond acceptors (Lipinski definition) is 4. The number of benzene rings is 1. The predicted octanol–water partition coefficient (Wildman–Crippen LogP) is 3.02. The second-order valence-corrected chi connectivity index (χ2v) is 7.38. The van der Waals surface area contributed by atoms with Gasteiger partial charge in [0.25, 0.3) is 0 Å². The topological polar surface area (TPSA) is 52.6 Å². The zero-order valence-electron chi connectivity index (χ0n) is 15.7. The van der Waals surface area contributed by atoms with Crippen LogP contribution in [0.2, 0.25) is 0 Å². The van der Waals surface area contributed by atoms with Gasteiger partial charge in [0.15, 0.2) is 5.96 Å². The number of hydrogen-bond donors (Lipinski definition) is 2. The van der Waals surface area contributed by atoms with Crippen LogP contribution in [0.3, 0.4) is 0 Å². The van der Waals surface area contributed by atoms with Gasteiger partial charge in [0.05, 0.1) is 13.1 Å². The van der Waals surface area contributed by atoms with E-state index in [1.165, 1.54) is 16.0 Å². The zero-order chi connectivity index (χ0) is 18.1. The summed E-state index contributed by atoms with van der Waals surface area (Å²) in [5.41, 5.74) is 2.53. The summed E-state index contributed by atoms with van der Waals surface area (Å²) in [6, 6.07) is 8.65. The molecule has 0 aliphatic heterocycles. The molecule has 0 aliphatic rings. The van der Waals surface area contributed by atoms with Gasteiger partial charge in [-0.3, -0.25) is 0 Å². The molecule has 0 saturated heterocycles. The standard InChI is InChI=1S/C19H29N5S/c1-5-17-12-21-18(25-17)13-23-19(20-6-2)22-11-15-7-9-16(10-8-15)14-24(3)4/h7-10,12H,5-6,11,13-14H2,1-4H3,(H2,20,22,23). The van der Waals surface area contributed by atoms with Crippen LogP contribution < -0.4 is 10.6 Å². The van der Waals surface area contributed by atoms with Crippen LogP contribution in [0.5, 0.6) is 0 Å². The third-order valence-corrected chi connectivity index (χ3v) is 4.78. The number of rotatable bonds is 8. The van der Waals surface area contributed by atoms with E-state index in [1.807, 2.05) is 6.20 Å². The largest absolute Gasteiger partial charge is 0.357 e. The lowest BCUT2D eigenvalue weighted by Gasteiger charge is -2.11. The molecule has 2 N–H and O–H groups in total. The maximum Gasteiger partial charge on any atom is 0.191 e. The number of thiazole rings is 1. The van der Waals surface area contributed by atoms with Gasteiger partial charge in [-0.15, -0.1) is 11.3 Å². The molecule has 0 fully saturated rings. The third-order valence-electron chi connectivity index (χ3n) is 3.64. The molecular weight excluding hydrogens is 330 g/mol. The number of guanidine groups is 1. The first-order valence-electron chi connectivity index (χ1n) is 8.79. The van der Waals surface area contributed by atoms with Crippen LogP contribution in [-0.4, -0.2) is 36.5 Å². The van der Waals surface area contributed by atoms with Crippen LogP contribution in [0.25, 0.3) is 0 Å². The van der Waals surface area contributed by atoms with E-state index in [0.717, 1.165) is 30.5 Å². The Morgan fingerprint density at radius 1 is 1.12 bits per heavy atom. The Kier molecular flexibility index (Phi) is 7.88. The Bertz CT molecular complexity index is 661. The molecular formula is C19H29N5S. The molecule has 0 bridgehead atoms. The van der Waals surface area contributed by atoms with Crippen LogP contribution >= 0.6 is 11.3 Å². The van der Waals surface area contributed by atoms with E-state index < -0.39 is 0 Å². The minimum atomic E-state index is 0.662. The van der Waals surface area contributed by atoms with Crippen LogP contribution in [0.4, 0.5) is 0 Å². The second kappa shape index (κ2) is 10.2. The van der Waals surface area contributed by atoms with Gasteiger partial charge >= 0.3 is 0 Å². The Labute approximate surface area is 155 Å². The molecule has 0 amide bonds. The summed E-state index contributed by atoms with van der Waals surface area (Å²) in [4.78, 5) is 12.6. The van der Waals surface area contributed by atoms with Gasteiger partial charge in [0, 0.05) is 24.2 Å². The van der Waals surface area contributed by atoms with Crippen LogP contribution in [0, 0.1) is 0 Å². The van der Waals surface area contributed by atoms with E-state index in [2.05, 4.69) is 77.7 Å². The monoisotopic (exact) mass is 359 g/mol. The Balaban J connectivity index is 1.91. The maximum absolute atomic E-state index is 4.68. The highest BCUT2D eigenvalue weighted by Gasteiger charge is 2.03. The van der Waals surface area contributed by atoms with Gasteiger partial charge in [-0.1, -0.05) is 31.2 Å². The predicted molar refractivity (Wildman–Crippen MR) is 107 cm³/mol. The number of nitrogens with zero attached hydrogens (tertiary/aromatic N) is 3. The summed E-state index contributed by atoms with van der Waals surface area (Å²) in [5.74, 6) is 0.827. The van der Waals surface area contributed by atoms with E-state index in [0.29, 0.717) is 13.1 Å². The molecule has 1 aromatic heterocycles. The molecule has 1 aromatic carbocycles. The van der Waals surface area contributed by atoms with Crippen molar-refractivity contribution in [3.05, 3.63) is 51.5 Å². The van der Waals surface area contributed by atoms with Crippen molar-refractivity contribution in [2.45, 2.75) is 39.9 Å². The fraction of sp³-hybridized carbons (Fsp3) is 0.474. The molecule has 2 aromatic rings. The molecule has 0 unspecified atom stereocenters. The summed E-state index contributed by atoms with van der Waals surface area (Å²) >= 11 is 1.75. The normalized spacial score (nSPS) is 11.8. The Morgan fingerprint density at radius 3 is 2.44 bits per heavy atom. The summed E-state index contributed by atoms with van der Waals surface area (Å²) < 4.78 is 0. The molecule has 25 heavy (non-hydrogen) atoms. The van der Waals surface area contributed by atoms with Gasteiger partial charge in [0.2, 0.25) is 0 Å². The van der Waals surface area contributed by atoms with Crippen molar-refractivity contribution in [3.63, 3.8) is 0 Å². The Morgan fingerprint density at radius 2 is 1.84 bits per heavy atom. The fourth-order valence-corrected chi connectivity index (χ4v) is 3.18. The first kappa shape index (κ1) is 19.4. The molecule has 136 valence electrons. The quantitative estimate of drug-likeness (QED) is 0.562. The first-order valence-corrected chi connectivity index (χ1v) is 9.60. The minimum absolute atomic E-state index is 0.662. The number of aryl methyl sites for hydroxylation is 1. The smallest absolute Gasteiger partial charge is 0.191 e. The van der Waals surface area contributed by atoms with Crippen molar-refractivity contribution >= 4 is 17.3 Å². The van der Waals surface area contributed by atoms with Gasteiger partial charge in [-0.05, 0) is 38.6 Å². The molecule has 5 nitrogen and oxygen atoms in total. The number of aliphatic imine (C=N–C) groups is 1. The summed E-state index contributed by atoms with van der Waals surface area (Å²) in [7, 11) is 4.16. The van der Waals surface area contributed by atoms with Crippen molar-refractivity contribution in [1.29, 1.82) is 0 Å². The van der Waals surface area contributed by atoms with E-state index >= 15 is 0 Å². The summed E-state index contributed by atoms with van der Waals surface area (Å²) in [5, 5.41) is 7.75. The zero-order valence-corrected chi connectivity index (χ0v) is 16.5. The molecule has 1 heterocycles. The molecule has 0 atom stereocenters. The molecule has 6 heteroatoms. The maximum atomic E-state index is 4.68. The lowest BCUT2D eigenvalue weighted by molar-refractivity contribution is 0.402. The van der Waals surface area contributed by atoms with E-state index in [9.17, 15) is 0 Å². The average Bonchev–Trinajstić information content (AvgIpc) is 3.06. The van der Waals surface area contributed by atoms with Gasteiger partial charge in [-0.25, -0.2) is 9.98 Å².